The molecule has 1 aliphatic heterocycles. The van der Waals surface area contributed by atoms with Crippen molar-refractivity contribution in [1.82, 2.24) is 14.5 Å². The van der Waals surface area contributed by atoms with Gasteiger partial charge in [-0.1, -0.05) is 30.3 Å². The maximum absolute atomic E-state index is 13.3. The fourth-order valence-corrected chi connectivity index (χ4v) is 4.82. The number of amides is 1. The topological polar surface area (TPSA) is 47.4 Å². The van der Waals surface area contributed by atoms with Gasteiger partial charge in [-0.25, -0.2) is 9.37 Å². The molecule has 5 rings (SSSR count). The van der Waals surface area contributed by atoms with Crippen LogP contribution >= 0.6 is 0 Å². The van der Waals surface area contributed by atoms with E-state index in [0.717, 1.165) is 28.2 Å². The number of aryl methyl sites for hydroxylation is 2. The van der Waals surface area contributed by atoms with E-state index in [-0.39, 0.29) is 17.6 Å². The molecule has 2 heterocycles. The van der Waals surface area contributed by atoms with Gasteiger partial charge in [0.25, 0.3) is 0 Å². The number of nitrogens with zero attached hydrogens (tertiary/aromatic N) is 3. The van der Waals surface area contributed by atoms with Crippen LogP contribution in [0.3, 0.4) is 0 Å². The van der Waals surface area contributed by atoms with E-state index in [4.69, 9.17) is 9.72 Å². The van der Waals surface area contributed by atoms with Gasteiger partial charge in [0, 0.05) is 25.4 Å². The van der Waals surface area contributed by atoms with Crippen LogP contribution < -0.4 is 4.74 Å². The maximum Gasteiger partial charge on any atom is 0.223 e. The average molecular weight is 458 g/mol. The molecular formula is C28H28FN3O2. The summed E-state index contributed by atoms with van der Waals surface area (Å²) in [5, 5.41) is 0. The molecule has 0 aliphatic carbocycles. The molecule has 3 aromatic carbocycles. The van der Waals surface area contributed by atoms with Crippen LogP contribution in [0.2, 0.25) is 0 Å². The standard InChI is InChI=1S/C28H28FN3O2/c1-19-13-20(2)15-24(14-19)34-12-11-32-26-6-4-3-5-25(26)30-28(32)22-16-27(33)31(18-22)17-21-7-9-23(29)10-8-21/h3-10,13-15,22H,11-12,16-18H2,1-2H3/t22-/m1/s1. The summed E-state index contributed by atoms with van der Waals surface area (Å²) in [5.41, 5.74) is 5.24. The number of imidazole rings is 1. The van der Waals surface area contributed by atoms with Crippen molar-refractivity contribution in [3.63, 3.8) is 0 Å². The largest absolute Gasteiger partial charge is 0.492 e. The minimum Gasteiger partial charge on any atom is -0.492 e. The van der Waals surface area contributed by atoms with E-state index in [1.165, 1.54) is 23.3 Å². The number of carbonyl (C=O) groups is 1. The number of aromatic nitrogens is 2. The molecule has 1 atom stereocenters. The number of hydrogen-bond acceptors (Lipinski definition) is 3. The molecule has 1 aromatic heterocycles. The molecule has 1 saturated heterocycles. The van der Waals surface area contributed by atoms with Gasteiger partial charge >= 0.3 is 0 Å². The molecule has 0 saturated carbocycles. The minimum atomic E-state index is -0.272. The highest BCUT2D eigenvalue weighted by molar-refractivity contribution is 5.81. The number of fused-ring (bicyclic) bond motifs is 1. The molecule has 1 aliphatic rings. The summed E-state index contributed by atoms with van der Waals surface area (Å²) in [4.78, 5) is 19.6. The summed E-state index contributed by atoms with van der Waals surface area (Å²) in [6.07, 6.45) is 0.419. The molecule has 0 spiro atoms. The smallest absolute Gasteiger partial charge is 0.223 e. The van der Waals surface area contributed by atoms with Gasteiger partial charge in [-0.2, -0.15) is 0 Å². The quantitative estimate of drug-likeness (QED) is 0.374. The maximum atomic E-state index is 13.3. The number of ether oxygens (including phenoxy) is 1. The Morgan fingerprint density at radius 1 is 1.03 bits per heavy atom. The lowest BCUT2D eigenvalue weighted by atomic mass is 10.1. The van der Waals surface area contributed by atoms with Crippen molar-refractivity contribution >= 4 is 16.9 Å². The highest BCUT2D eigenvalue weighted by Gasteiger charge is 2.34. The predicted octanol–water partition coefficient (Wildman–Crippen LogP) is 5.39. The number of hydrogen-bond donors (Lipinski definition) is 0. The van der Waals surface area contributed by atoms with Gasteiger partial charge in [-0.05, 0) is 66.9 Å². The van der Waals surface area contributed by atoms with E-state index in [0.29, 0.717) is 32.7 Å². The van der Waals surface area contributed by atoms with Crippen LogP contribution in [0.25, 0.3) is 11.0 Å². The second-order valence-corrected chi connectivity index (χ2v) is 9.08. The van der Waals surface area contributed by atoms with Crippen LogP contribution in [0.1, 0.15) is 34.9 Å². The zero-order chi connectivity index (χ0) is 23.7. The van der Waals surface area contributed by atoms with Crippen LogP contribution in [-0.2, 0) is 17.9 Å². The Bertz CT molecular complexity index is 1310. The highest BCUT2D eigenvalue weighted by atomic mass is 19.1. The van der Waals surface area contributed by atoms with Crippen molar-refractivity contribution in [2.24, 2.45) is 0 Å². The van der Waals surface area contributed by atoms with Crippen molar-refractivity contribution in [2.45, 2.75) is 39.3 Å². The number of rotatable bonds is 7. The molecule has 0 radical (unpaired) electrons. The summed E-state index contributed by atoms with van der Waals surface area (Å²) in [6, 6.07) is 20.6. The molecule has 4 aromatic rings. The molecule has 34 heavy (non-hydrogen) atoms. The summed E-state index contributed by atoms with van der Waals surface area (Å²) in [6.45, 7) is 6.36. The van der Waals surface area contributed by atoms with Crippen molar-refractivity contribution in [3.05, 3.63) is 95.1 Å². The third kappa shape index (κ3) is 4.67. The number of halogens is 1. The molecule has 1 fully saturated rings. The van der Waals surface area contributed by atoms with E-state index in [1.807, 2.05) is 35.2 Å². The van der Waals surface area contributed by atoms with Crippen molar-refractivity contribution in [3.8, 4) is 5.75 Å². The Hall–Kier alpha value is -3.67. The average Bonchev–Trinajstić information content (AvgIpc) is 3.35. The lowest BCUT2D eigenvalue weighted by Gasteiger charge is -2.18. The number of likely N-dealkylation sites (tertiary alicyclic amines) is 1. The van der Waals surface area contributed by atoms with E-state index in [2.05, 4.69) is 30.5 Å². The summed E-state index contributed by atoms with van der Waals surface area (Å²) >= 11 is 0. The number of carbonyl (C=O) groups excluding carboxylic acids is 1. The minimum absolute atomic E-state index is 0.00145. The monoisotopic (exact) mass is 457 g/mol. The molecular weight excluding hydrogens is 429 g/mol. The molecule has 1 amide bonds. The Morgan fingerprint density at radius 2 is 1.76 bits per heavy atom. The second-order valence-electron chi connectivity index (χ2n) is 9.08. The molecule has 0 N–H and O–H groups in total. The third-order valence-corrected chi connectivity index (χ3v) is 6.33. The van der Waals surface area contributed by atoms with Gasteiger partial charge in [0.2, 0.25) is 5.91 Å². The normalized spacial score (nSPS) is 15.9. The first-order valence-electron chi connectivity index (χ1n) is 11.6. The summed E-state index contributed by atoms with van der Waals surface area (Å²) in [5.74, 6) is 1.61. The first-order chi connectivity index (χ1) is 16.5. The van der Waals surface area contributed by atoms with Gasteiger partial charge in [0.05, 0.1) is 17.6 Å². The van der Waals surface area contributed by atoms with Gasteiger partial charge in [0.1, 0.15) is 24.0 Å². The van der Waals surface area contributed by atoms with E-state index < -0.39 is 0 Å². The molecule has 6 heteroatoms. The summed E-state index contributed by atoms with van der Waals surface area (Å²) in [7, 11) is 0. The SMILES string of the molecule is Cc1cc(C)cc(OCCn2c([C@@H]3CC(=O)N(Cc4ccc(F)cc4)C3)nc3ccccc32)c1. The van der Waals surface area contributed by atoms with Crippen LogP contribution in [0.4, 0.5) is 4.39 Å². The molecule has 0 bridgehead atoms. The zero-order valence-corrected chi connectivity index (χ0v) is 19.5. The van der Waals surface area contributed by atoms with Gasteiger partial charge in [0.15, 0.2) is 0 Å². The fourth-order valence-electron chi connectivity index (χ4n) is 4.82. The molecule has 174 valence electrons. The van der Waals surface area contributed by atoms with E-state index in [1.54, 1.807) is 12.1 Å². The van der Waals surface area contributed by atoms with Crippen LogP contribution in [0.15, 0.2) is 66.7 Å². The van der Waals surface area contributed by atoms with Crippen molar-refractivity contribution in [1.29, 1.82) is 0 Å². The second kappa shape index (κ2) is 9.29. The molecule has 5 nitrogen and oxygen atoms in total. The van der Waals surface area contributed by atoms with Crippen molar-refractivity contribution in [2.75, 3.05) is 13.2 Å². The van der Waals surface area contributed by atoms with E-state index in [9.17, 15) is 9.18 Å². The highest BCUT2D eigenvalue weighted by Crippen LogP contribution is 2.31. The first-order valence-corrected chi connectivity index (χ1v) is 11.6. The third-order valence-electron chi connectivity index (χ3n) is 6.33. The fraction of sp³-hybridized carbons (Fsp3) is 0.286. The van der Waals surface area contributed by atoms with Gasteiger partial charge in [-0.3, -0.25) is 4.79 Å². The summed E-state index contributed by atoms with van der Waals surface area (Å²) < 4.78 is 21.5. The lowest BCUT2D eigenvalue weighted by molar-refractivity contribution is -0.128. The number of benzene rings is 3. The molecule has 0 unspecified atom stereocenters. The Morgan fingerprint density at radius 3 is 2.53 bits per heavy atom. The van der Waals surface area contributed by atoms with Crippen molar-refractivity contribution < 1.29 is 13.9 Å². The number of para-hydroxylation sites is 2. The van der Waals surface area contributed by atoms with Gasteiger partial charge in [-0.15, -0.1) is 0 Å². The van der Waals surface area contributed by atoms with Gasteiger partial charge < -0.3 is 14.2 Å². The predicted molar refractivity (Wildman–Crippen MR) is 130 cm³/mol. The zero-order valence-electron chi connectivity index (χ0n) is 19.5. The Labute approximate surface area is 198 Å². The van der Waals surface area contributed by atoms with Crippen LogP contribution in [0, 0.1) is 19.7 Å². The van der Waals surface area contributed by atoms with E-state index >= 15 is 0 Å². The Balaban J connectivity index is 1.35. The van der Waals surface area contributed by atoms with Crippen LogP contribution in [-0.4, -0.2) is 33.5 Å². The van der Waals surface area contributed by atoms with Crippen LogP contribution in [0.5, 0.6) is 5.75 Å². The Kier molecular flexibility index (Phi) is 6.05. The lowest BCUT2D eigenvalue weighted by Crippen LogP contribution is -2.24. The first kappa shape index (κ1) is 22.1.